The van der Waals surface area contributed by atoms with Gasteiger partial charge in [0, 0.05) is 12.3 Å². The molecule has 0 saturated heterocycles. The maximum absolute atomic E-state index is 11.6. The molecule has 1 N–H and O–H groups in total. The molecule has 0 aliphatic heterocycles. The molecule has 0 unspecified atom stereocenters. The minimum Gasteiger partial charge on any atom is -0.355 e. The van der Waals surface area contributed by atoms with Gasteiger partial charge in [0.05, 0.1) is 6.04 Å². The van der Waals surface area contributed by atoms with Crippen molar-refractivity contribution in [3.63, 3.8) is 0 Å². The van der Waals surface area contributed by atoms with Crippen molar-refractivity contribution in [1.29, 1.82) is 0 Å². The maximum Gasteiger partial charge on any atom is 0.237 e. The van der Waals surface area contributed by atoms with Crippen LogP contribution in [0.25, 0.3) is 0 Å². The molecule has 1 rings (SSSR count). The predicted octanol–water partition coefficient (Wildman–Crippen LogP) is 1.40. The molecule has 102 valence electrons. The zero-order chi connectivity index (χ0) is 13.5. The summed E-state index contributed by atoms with van der Waals surface area (Å²) in [5, 5.41) is 11.9. The number of nitrogens with zero attached hydrogens (tertiary/aromatic N) is 3. The molecule has 1 heterocycles. The molecule has 5 nitrogen and oxygen atoms in total. The third kappa shape index (κ3) is 5.32. The Morgan fingerprint density at radius 1 is 1.50 bits per heavy atom. The lowest BCUT2D eigenvalue weighted by atomic mass is 10.3. The van der Waals surface area contributed by atoms with Crippen LogP contribution in [0.15, 0.2) is 4.34 Å². The summed E-state index contributed by atoms with van der Waals surface area (Å²) in [6.45, 7) is 4.56. The lowest BCUT2D eigenvalue weighted by molar-refractivity contribution is -0.124. The molecule has 0 bridgehead atoms. The van der Waals surface area contributed by atoms with E-state index in [-0.39, 0.29) is 11.9 Å². The number of thioether (sulfide) groups is 1. The van der Waals surface area contributed by atoms with E-state index in [1.54, 1.807) is 23.1 Å². The zero-order valence-electron chi connectivity index (χ0n) is 11.3. The monoisotopic (exact) mass is 288 g/mol. The maximum atomic E-state index is 11.6. The van der Waals surface area contributed by atoms with E-state index < -0.39 is 0 Å². The van der Waals surface area contributed by atoms with E-state index in [2.05, 4.69) is 15.5 Å². The van der Waals surface area contributed by atoms with E-state index in [4.69, 9.17) is 0 Å². The number of carbonyl (C=O) groups is 1. The Morgan fingerprint density at radius 3 is 2.78 bits per heavy atom. The molecule has 7 heteroatoms. The van der Waals surface area contributed by atoms with Crippen molar-refractivity contribution in [2.24, 2.45) is 0 Å². The average molecular weight is 288 g/mol. The molecule has 0 fully saturated rings. The quantitative estimate of drug-likeness (QED) is 0.607. The number of aryl methyl sites for hydroxylation is 1. The van der Waals surface area contributed by atoms with Crippen LogP contribution < -0.4 is 5.32 Å². The molecule has 1 atom stereocenters. The van der Waals surface area contributed by atoms with E-state index in [1.807, 2.05) is 32.8 Å². The summed E-state index contributed by atoms with van der Waals surface area (Å²) < 4.78 is 1.00. The van der Waals surface area contributed by atoms with Gasteiger partial charge in [-0.3, -0.25) is 9.69 Å². The fourth-order valence-electron chi connectivity index (χ4n) is 1.16. The number of carbonyl (C=O) groups excluding carboxylic acids is 1. The highest BCUT2D eigenvalue weighted by atomic mass is 32.2. The van der Waals surface area contributed by atoms with Crippen molar-refractivity contribution < 1.29 is 4.79 Å². The third-order valence-corrected chi connectivity index (χ3v) is 4.57. The van der Waals surface area contributed by atoms with Crippen LogP contribution in [0.5, 0.6) is 0 Å². The first-order valence-electron chi connectivity index (χ1n) is 5.87. The number of nitrogens with one attached hydrogen (secondary N) is 1. The Morgan fingerprint density at radius 2 is 2.22 bits per heavy atom. The van der Waals surface area contributed by atoms with Gasteiger partial charge in [0.2, 0.25) is 5.91 Å². The summed E-state index contributed by atoms with van der Waals surface area (Å²) >= 11 is 3.30. The number of hydrogen-bond acceptors (Lipinski definition) is 6. The van der Waals surface area contributed by atoms with E-state index in [0.29, 0.717) is 6.54 Å². The van der Waals surface area contributed by atoms with E-state index in [1.165, 1.54) is 0 Å². The predicted molar refractivity (Wildman–Crippen MR) is 76.1 cm³/mol. The first-order valence-corrected chi connectivity index (χ1v) is 7.68. The molecule has 0 saturated carbocycles. The smallest absolute Gasteiger partial charge is 0.237 e. The highest BCUT2D eigenvalue weighted by molar-refractivity contribution is 8.01. The summed E-state index contributed by atoms with van der Waals surface area (Å²) in [6.07, 6.45) is 0.940. The molecule has 0 aromatic carbocycles. The fraction of sp³-hybridized carbons (Fsp3) is 0.727. The lowest BCUT2D eigenvalue weighted by Gasteiger charge is -2.18. The molecule has 18 heavy (non-hydrogen) atoms. The van der Waals surface area contributed by atoms with Crippen molar-refractivity contribution >= 4 is 29.0 Å². The third-order valence-electron chi connectivity index (χ3n) is 2.51. The van der Waals surface area contributed by atoms with Crippen LogP contribution in [0.2, 0.25) is 0 Å². The number of amides is 1. The second-order valence-corrected chi connectivity index (χ2v) is 6.74. The summed E-state index contributed by atoms with van der Waals surface area (Å²) in [6, 6.07) is -0.0801. The minimum absolute atomic E-state index is 0.0801. The topological polar surface area (TPSA) is 58.1 Å². The minimum atomic E-state index is -0.0801. The molecular weight excluding hydrogens is 268 g/mol. The number of hydrogen-bond donors (Lipinski definition) is 1. The Bertz CT molecular complexity index is 381. The molecular formula is C11H20N4OS2. The van der Waals surface area contributed by atoms with Crippen LogP contribution in [0.4, 0.5) is 0 Å². The van der Waals surface area contributed by atoms with Crippen molar-refractivity contribution in [2.45, 2.75) is 30.6 Å². The van der Waals surface area contributed by atoms with Gasteiger partial charge in [0.15, 0.2) is 4.34 Å². The molecule has 0 aliphatic carbocycles. The number of likely N-dealkylation sites (N-methyl/N-ethyl adjacent to an activating group) is 1. The summed E-state index contributed by atoms with van der Waals surface area (Å²) in [4.78, 5) is 13.5. The first kappa shape index (κ1) is 15.4. The second kappa shape index (κ2) is 7.70. The highest BCUT2D eigenvalue weighted by Crippen LogP contribution is 2.21. The van der Waals surface area contributed by atoms with Crippen LogP contribution in [-0.2, 0) is 4.79 Å². The average Bonchev–Trinajstić information content (AvgIpc) is 2.73. The van der Waals surface area contributed by atoms with Crippen LogP contribution in [-0.4, -0.2) is 53.4 Å². The highest BCUT2D eigenvalue weighted by Gasteiger charge is 2.13. The van der Waals surface area contributed by atoms with Gasteiger partial charge in [-0.15, -0.1) is 10.2 Å². The summed E-state index contributed by atoms with van der Waals surface area (Å²) in [5.41, 5.74) is 0. The molecule has 1 aromatic rings. The van der Waals surface area contributed by atoms with Gasteiger partial charge in [0.1, 0.15) is 5.01 Å². The SMILES string of the molecule is Cc1nnc(SCCCNC(=O)[C@@H](C)N(C)C)s1. The standard InChI is InChI=1S/C11H20N4OS2/c1-8(15(3)4)10(16)12-6-5-7-17-11-14-13-9(2)18-11/h8H,5-7H2,1-4H3,(H,12,16)/t8-/m1/s1. The molecule has 0 radical (unpaired) electrons. The van der Waals surface area contributed by atoms with Crippen LogP contribution in [0.1, 0.15) is 18.4 Å². The van der Waals surface area contributed by atoms with Crippen molar-refractivity contribution in [3.05, 3.63) is 5.01 Å². The van der Waals surface area contributed by atoms with Gasteiger partial charge in [-0.2, -0.15) is 0 Å². The Labute approximate surface area is 116 Å². The molecule has 1 aromatic heterocycles. The van der Waals surface area contributed by atoms with E-state index >= 15 is 0 Å². The Hall–Kier alpha value is -0.660. The molecule has 0 aliphatic rings. The van der Waals surface area contributed by atoms with Gasteiger partial charge >= 0.3 is 0 Å². The summed E-state index contributed by atoms with van der Waals surface area (Å²) in [5.74, 6) is 1.03. The Kier molecular flexibility index (Phi) is 6.59. The van der Waals surface area contributed by atoms with Crippen molar-refractivity contribution in [3.8, 4) is 0 Å². The lowest BCUT2D eigenvalue weighted by Crippen LogP contribution is -2.41. The van der Waals surface area contributed by atoms with Crippen LogP contribution in [0, 0.1) is 6.92 Å². The van der Waals surface area contributed by atoms with Gasteiger partial charge in [-0.25, -0.2) is 0 Å². The second-order valence-electron chi connectivity index (χ2n) is 4.22. The van der Waals surface area contributed by atoms with E-state index in [0.717, 1.165) is 21.5 Å². The van der Waals surface area contributed by atoms with Crippen LogP contribution >= 0.6 is 23.1 Å². The van der Waals surface area contributed by atoms with Gasteiger partial charge in [0.25, 0.3) is 0 Å². The largest absolute Gasteiger partial charge is 0.355 e. The van der Waals surface area contributed by atoms with Crippen molar-refractivity contribution in [2.75, 3.05) is 26.4 Å². The van der Waals surface area contributed by atoms with Crippen LogP contribution in [0.3, 0.4) is 0 Å². The van der Waals surface area contributed by atoms with Gasteiger partial charge in [-0.05, 0) is 34.4 Å². The Balaban J connectivity index is 2.10. The van der Waals surface area contributed by atoms with Gasteiger partial charge < -0.3 is 5.32 Å². The zero-order valence-corrected chi connectivity index (χ0v) is 12.9. The molecule has 1 amide bonds. The number of rotatable bonds is 7. The van der Waals surface area contributed by atoms with Gasteiger partial charge in [-0.1, -0.05) is 23.1 Å². The first-order chi connectivity index (χ1) is 8.50. The van der Waals surface area contributed by atoms with E-state index in [9.17, 15) is 4.79 Å². The normalized spacial score (nSPS) is 12.7. The summed E-state index contributed by atoms with van der Waals surface area (Å²) in [7, 11) is 3.80. The molecule has 0 spiro atoms. The number of aromatic nitrogens is 2. The fourth-order valence-corrected chi connectivity index (χ4v) is 2.99. The van der Waals surface area contributed by atoms with Crippen molar-refractivity contribution in [1.82, 2.24) is 20.4 Å².